The zero-order valence-corrected chi connectivity index (χ0v) is 15.7. The van der Waals surface area contributed by atoms with Crippen LogP contribution in [-0.2, 0) is 9.53 Å². The predicted molar refractivity (Wildman–Crippen MR) is 105 cm³/mol. The first-order valence-electron chi connectivity index (χ1n) is 7.77. The van der Waals surface area contributed by atoms with Gasteiger partial charge in [0.2, 0.25) is 5.91 Å². The zero-order chi connectivity index (χ0) is 19.4. The van der Waals surface area contributed by atoms with Crippen LogP contribution in [0.2, 0.25) is 5.02 Å². The Hall–Kier alpha value is -2.84. The summed E-state index contributed by atoms with van der Waals surface area (Å²) in [5, 5.41) is 3.73. The lowest BCUT2D eigenvalue weighted by molar-refractivity contribution is -0.113. The Bertz CT molecular complexity index is 1080. The third-order valence-electron chi connectivity index (χ3n) is 3.59. The van der Waals surface area contributed by atoms with E-state index < -0.39 is 5.97 Å². The first kappa shape index (κ1) is 18.9. The maximum Gasteiger partial charge on any atom is 0.339 e. The summed E-state index contributed by atoms with van der Waals surface area (Å²) in [6.45, 7) is 0. The van der Waals surface area contributed by atoms with E-state index in [0.29, 0.717) is 21.7 Å². The monoisotopic (exact) mass is 403 g/mol. The van der Waals surface area contributed by atoms with E-state index in [2.05, 4.69) is 20.0 Å². The molecule has 9 heteroatoms. The van der Waals surface area contributed by atoms with Crippen molar-refractivity contribution >= 4 is 51.8 Å². The maximum atomic E-state index is 12.2. The number of amides is 1. The largest absolute Gasteiger partial charge is 0.465 e. The summed E-state index contributed by atoms with van der Waals surface area (Å²) in [5.41, 5.74) is 0.865. The van der Waals surface area contributed by atoms with Gasteiger partial charge in [-0.1, -0.05) is 35.5 Å². The quantitative estimate of drug-likeness (QED) is 0.385. The average Bonchev–Trinajstić information content (AvgIpc) is 2.67. The molecule has 1 heterocycles. The SMILES string of the molecule is COC(=O)c1cc(NC(=O)CSc2nc3ccccc3c(=O)[nH]2)ccc1Cl. The number of H-pyrrole nitrogens is 1. The Labute approximate surface area is 163 Å². The number of thioether (sulfide) groups is 1. The molecule has 0 saturated carbocycles. The van der Waals surface area contributed by atoms with Crippen molar-refractivity contribution < 1.29 is 14.3 Å². The number of carbonyl (C=O) groups excluding carboxylic acids is 2. The molecule has 0 aliphatic carbocycles. The third-order valence-corrected chi connectivity index (χ3v) is 4.79. The summed E-state index contributed by atoms with van der Waals surface area (Å²) >= 11 is 7.05. The number of aromatic amines is 1. The lowest BCUT2D eigenvalue weighted by atomic mass is 10.2. The molecule has 3 aromatic rings. The highest BCUT2D eigenvalue weighted by molar-refractivity contribution is 7.99. The molecule has 1 amide bonds. The van der Waals surface area contributed by atoms with Gasteiger partial charge >= 0.3 is 5.97 Å². The summed E-state index contributed by atoms with van der Waals surface area (Å²) in [6, 6.07) is 11.5. The first-order valence-corrected chi connectivity index (χ1v) is 9.14. The van der Waals surface area contributed by atoms with E-state index in [0.717, 1.165) is 11.8 Å². The molecule has 2 aromatic carbocycles. The van der Waals surface area contributed by atoms with Crippen molar-refractivity contribution in [2.24, 2.45) is 0 Å². The summed E-state index contributed by atoms with van der Waals surface area (Å²) < 4.78 is 4.65. The minimum Gasteiger partial charge on any atom is -0.465 e. The molecular weight excluding hydrogens is 390 g/mol. The summed E-state index contributed by atoms with van der Waals surface area (Å²) in [4.78, 5) is 42.8. The molecule has 0 fully saturated rings. The number of aromatic nitrogens is 2. The number of anilines is 1. The number of methoxy groups -OCH3 is 1. The van der Waals surface area contributed by atoms with Gasteiger partial charge in [0.15, 0.2) is 5.16 Å². The van der Waals surface area contributed by atoms with Crippen LogP contribution in [0.3, 0.4) is 0 Å². The van der Waals surface area contributed by atoms with Crippen molar-refractivity contribution in [2.75, 3.05) is 18.2 Å². The number of esters is 1. The van der Waals surface area contributed by atoms with E-state index in [9.17, 15) is 14.4 Å². The van der Waals surface area contributed by atoms with Gasteiger partial charge in [0.25, 0.3) is 5.56 Å². The highest BCUT2D eigenvalue weighted by atomic mass is 35.5. The van der Waals surface area contributed by atoms with Crippen LogP contribution in [-0.4, -0.2) is 34.7 Å². The van der Waals surface area contributed by atoms with E-state index >= 15 is 0 Å². The maximum absolute atomic E-state index is 12.2. The fourth-order valence-electron chi connectivity index (χ4n) is 2.33. The normalized spacial score (nSPS) is 10.6. The number of ether oxygens (including phenoxy) is 1. The third kappa shape index (κ3) is 4.47. The van der Waals surface area contributed by atoms with E-state index in [4.69, 9.17) is 11.6 Å². The van der Waals surface area contributed by atoms with Gasteiger partial charge in [-0.05, 0) is 30.3 Å². The number of rotatable bonds is 5. The standard InChI is InChI=1S/C18H14ClN3O4S/c1-26-17(25)12-8-10(6-7-13(12)19)20-15(23)9-27-18-21-14-5-3-2-4-11(14)16(24)22-18/h2-8H,9H2,1H3,(H,20,23)(H,21,22,24). The van der Waals surface area contributed by atoms with Crippen molar-refractivity contribution in [1.82, 2.24) is 9.97 Å². The fourth-order valence-corrected chi connectivity index (χ4v) is 3.20. The number of fused-ring (bicyclic) bond motifs is 1. The lowest BCUT2D eigenvalue weighted by Gasteiger charge is -2.08. The van der Waals surface area contributed by atoms with Gasteiger partial charge in [0.1, 0.15) is 0 Å². The smallest absolute Gasteiger partial charge is 0.339 e. The number of hydrogen-bond acceptors (Lipinski definition) is 6. The molecule has 3 rings (SSSR count). The minimum atomic E-state index is -0.594. The van der Waals surface area contributed by atoms with Crippen molar-refractivity contribution in [1.29, 1.82) is 0 Å². The van der Waals surface area contributed by atoms with Crippen molar-refractivity contribution in [3.8, 4) is 0 Å². The average molecular weight is 404 g/mol. The zero-order valence-electron chi connectivity index (χ0n) is 14.1. The molecule has 0 saturated heterocycles. The Morgan fingerprint density at radius 1 is 1.26 bits per heavy atom. The predicted octanol–water partition coefficient (Wildman–Crippen LogP) is 3.09. The molecule has 0 radical (unpaired) electrons. The van der Waals surface area contributed by atoms with Crippen LogP contribution >= 0.6 is 23.4 Å². The molecule has 2 N–H and O–H groups in total. The van der Waals surface area contributed by atoms with Crippen LogP contribution in [0.1, 0.15) is 10.4 Å². The molecule has 0 aliphatic rings. The number of para-hydroxylation sites is 1. The lowest BCUT2D eigenvalue weighted by Crippen LogP contribution is -2.16. The fraction of sp³-hybridized carbons (Fsp3) is 0.111. The highest BCUT2D eigenvalue weighted by Gasteiger charge is 2.13. The summed E-state index contributed by atoms with van der Waals surface area (Å²) in [6.07, 6.45) is 0. The molecule has 27 heavy (non-hydrogen) atoms. The van der Waals surface area contributed by atoms with Crippen LogP contribution in [0.5, 0.6) is 0 Å². The van der Waals surface area contributed by atoms with Gasteiger partial charge in [0, 0.05) is 5.69 Å². The Kier molecular flexibility index (Phi) is 5.78. The van der Waals surface area contributed by atoms with Crippen molar-refractivity contribution in [3.63, 3.8) is 0 Å². The highest BCUT2D eigenvalue weighted by Crippen LogP contribution is 2.22. The van der Waals surface area contributed by atoms with Gasteiger partial charge in [0.05, 0.1) is 34.4 Å². The summed E-state index contributed by atoms with van der Waals surface area (Å²) in [5.74, 6) is -0.894. The Morgan fingerprint density at radius 3 is 2.81 bits per heavy atom. The molecular formula is C18H14ClN3O4S. The number of nitrogens with zero attached hydrogens (tertiary/aromatic N) is 1. The topological polar surface area (TPSA) is 101 Å². The van der Waals surface area contributed by atoms with Gasteiger partial charge < -0.3 is 15.0 Å². The molecule has 0 atom stereocenters. The van der Waals surface area contributed by atoms with Crippen molar-refractivity contribution in [2.45, 2.75) is 5.16 Å². The van der Waals surface area contributed by atoms with Crippen LogP contribution in [0.25, 0.3) is 10.9 Å². The Morgan fingerprint density at radius 2 is 2.04 bits per heavy atom. The van der Waals surface area contributed by atoms with E-state index in [1.807, 2.05) is 0 Å². The molecule has 0 aliphatic heterocycles. The van der Waals surface area contributed by atoms with E-state index in [-0.39, 0.29) is 27.8 Å². The van der Waals surface area contributed by atoms with Crippen LogP contribution in [0.4, 0.5) is 5.69 Å². The molecule has 7 nitrogen and oxygen atoms in total. The molecule has 0 unspecified atom stereocenters. The van der Waals surface area contributed by atoms with Gasteiger partial charge in [-0.2, -0.15) is 0 Å². The van der Waals surface area contributed by atoms with Gasteiger partial charge in [-0.25, -0.2) is 9.78 Å². The van der Waals surface area contributed by atoms with E-state index in [1.165, 1.54) is 19.2 Å². The molecule has 0 bridgehead atoms. The second kappa shape index (κ2) is 8.24. The second-order valence-corrected chi connectivity index (χ2v) is 6.78. The second-order valence-electron chi connectivity index (χ2n) is 5.41. The molecule has 1 aromatic heterocycles. The molecule has 0 spiro atoms. The van der Waals surface area contributed by atoms with Crippen LogP contribution < -0.4 is 10.9 Å². The molecule has 138 valence electrons. The minimum absolute atomic E-state index is 0.0253. The Balaban J connectivity index is 1.68. The summed E-state index contributed by atoms with van der Waals surface area (Å²) in [7, 11) is 1.25. The number of nitrogens with one attached hydrogen (secondary N) is 2. The first-order chi connectivity index (χ1) is 13.0. The number of carbonyl (C=O) groups is 2. The van der Waals surface area contributed by atoms with Gasteiger partial charge in [-0.15, -0.1) is 0 Å². The number of hydrogen-bond donors (Lipinski definition) is 2. The van der Waals surface area contributed by atoms with Gasteiger partial charge in [-0.3, -0.25) is 9.59 Å². The van der Waals surface area contributed by atoms with Crippen LogP contribution in [0.15, 0.2) is 52.4 Å². The van der Waals surface area contributed by atoms with Crippen LogP contribution in [0, 0.1) is 0 Å². The van der Waals surface area contributed by atoms with Crippen molar-refractivity contribution in [3.05, 3.63) is 63.4 Å². The number of halogens is 1. The number of benzene rings is 2. The van der Waals surface area contributed by atoms with E-state index in [1.54, 1.807) is 30.3 Å².